The quantitative estimate of drug-likeness (QED) is 0.849. The standard InChI is InChI=1S/C16H18ClFN4O2/c1-10(2)14-19-20-16(24-14)22-8-6-21(7-9-22)15(23)13-11(17)4-3-5-12(13)18/h3-5,10H,6-9H2,1-2H3. The minimum Gasteiger partial charge on any atom is -0.408 e. The molecule has 0 radical (unpaired) electrons. The summed E-state index contributed by atoms with van der Waals surface area (Å²) in [5, 5.41) is 8.18. The first-order valence-electron chi connectivity index (χ1n) is 7.79. The van der Waals surface area contributed by atoms with Crippen LogP contribution in [0.15, 0.2) is 22.6 Å². The number of hydrogen-bond acceptors (Lipinski definition) is 5. The molecule has 6 nitrogen and oxygen atoms in total. The number of nitrogens with zero attached hydrogens (tertiary/aromatic N) is 4. The Morgan fingerprint density at radius 1 is 1.25 bits per heavy atom. The van der Waals surface area contributed by atoms with Gasteiger partial charge in [-0.2, -0.15) is 0 Å². The molecule has 0 N–H and O–H groups in total. The maximum Gasteiger partial charge on any atom is 0.318 e. The van der Waals surface area contributed by atoms with Crippen LogP contribution in [0.3, 0.4) is 0 Å². The number of aromatic nitrogens is 2. The van der Waals surface area contributed by atoms with Crippen molar-refractivity contribution in [3.05, 3.63) is 40.5 Å². The number of anilines is 1. The lowest BCUT2D eigenvalue weighted by Crippen LogP contribution is -2.49. The molecule has 24 heavy (non-hydrogen) atoms. The summed E-state index contributed by atoms with van der Waals surface area (Å²) in [5.74, 6) is -0.251. The van der Waals surface area contributed by atoms with Crippen LogP contribution in [0.25, 0.3) is 0 Å². The van der Waals surface area contributed by atoms with Crippen molar-refractivity contribution in [2.75, 3.05) is 31.1 Å². The molecule has 0 atom stereocenters. The predicted octanol–water partition coefficient (Wildman–Crippen LogP) is 2.95. The molecule has 1 amide bonds. The van der Waals surface area contributed by atoms with Crippen LogP contribution in [-0.2, 0) is 0 Å². The van der Waals surface area contributed by atoms with E-state index in [9.17, 15) is 9.18 Å². The highest BCUT2D eigenvalue weighted by Crippen LogP contribution is 2.23. The second kappa shape index (κ2) is 6.76. The van der Waals surface area contributed by atoms with E-state index in [-0.39, 0.29) is 16.5 Å². The van der Waals surface area contributed by atoms with E-state index in [0.717, 1.165) is 0 Å². The SMILES string of the molecule is CC(C)c1nnc(N2CCN(C(=O)c3c(F)cccc3Cl)CC2)o1. The minimum absolute atomic E-state index is 0.0764. The first-order chi connectivity index (χ1) is 11.5. The van der Waals surface area contributed by atoms with Gasteiger partial charge < -0.3 is 14.2 Å². The summed E-state index contributed by atoms with van der Waals surface area (Å²) in [6, 6.07) is 4.69. The Labute approximate surface area is 144 Å². The van der Waals surface area contributed by atoms with E-state index in [1.165, 1.54) is 18.2 Å². The minimum atomic E-state index is -0.603. The summed E-state index contributed by atoms with van der Waals surface area (Å²) in [6.07, 6.45) is 0. The molecule has 1 fully saturated rings. The van der Waals surface area contributed by atoms with Crippen molar-refractivity contribution < 1.29 is 13.6 Å². The van der Waals surface area contributed by atoms with E-state index in [1.807, 2.05) is 18.7 Å². The maximum absolute atomic E-state index is 13.9. The van der Waals surface area contributed by atoms with Crippen molar-refractivity contribution in [3.8, 4) is 0 Å². The van der Waals surface area contributed by atoms with Gasteiger partial charge in [0.25, 0.3) is 5.91 Å². The zero-order valence-corrected chi connectivity index (χ0v) is 14.3. The molecule has 0 saturated carbocycles. The number of halogens is 2. The fourth-order valence-electron chi connectivity index (χ4n) is 2.55. The van der Waals surface area contributed by atoms with Gasteiger partial charge in [-0.25, -0.2) is 4.39 Å². The van der Waals surface area contributed by atoms with Crippen LogP contribution in [0, 0.1) is 5.82 Å². The second-order valence-corrected chi connectivity index (χ2v) is 6.36. The van der Waals surface area contributed by atoms with E-state index in [1.54, 1.807) is 4.90 Å². The van der Waals surface area contributed by atoms with Gasteiger partial charge in [-0.15, -0.1) is 5.10 Å². The Bertz CT molecular complexity index is 721. The second-order valence-electron chi connectivity index (χ2n) is 5.95. The van der Waals surface area contributed by atoms with Gasteiger partial charge in [-0.3, -0.25) is 4.79 Å². The van der Waals surface area contributed by atoms with Crippen LogP contribution in [0.4, 0.5) is 10.4 Å². The normalized spacial score (nSPS) is 15.2. The lowest BCUT2D eigenvalue weighted by molar-refractivity contribution is 0.0740. The van der Waals surface area contributed by atoms with Crippen molar-refractivity contribution in [2.45, 2.75) is 19.8 Å². The number of amides is 1. The van der Waals surface area contributed by atoms with Gasteiger partial charge in [0, 0.05) is 32.1 Å². The molecule has 0 unspecified atom stereocenters. The van der Waals surface area contributed by atoms with Gasteiger partial charge in [0.1, 0.15) is 5.82 Å². The summed E-state index contributed by atoms with van der Waals surface area (Å²) < 4.78 is 19.5. The van der Waals surface area contributed by atoms with Gasteiger partial charge in [-0.1, -0.05) is 36.6 Å². The first kappa shape index (κ1) is 16.7. The molecule has 2 aromatic rings. The topological polar surface area (TPSA) is 62.5 Å². The van der Waals surface area contributed by atoms with Gasteiger partial charge in [0.2, 0.25) is 5.89 Å². The van der Waals surface area contributed by atoms with Crippen LogP contribution in [0.5, 0.6) is 0 Å². The van der Waals surface area contributed by atoms with Gasteiger partial charge in [0.15, 0.2) is 0 Å². The van der Waals surface area contributed by atoms with E-state index >= 15 is 0 Å². The summed E-state index contributed by atoms with van der Waals surface area (Å²) in [5.41, 5.74) is -0.0764. The highest BCUT2D eigenvalue weighted by atomic mass is 35.5. The highest BCUT2D eigenvalue weighted by molar-refractivity contribution is 6.33. The third-order valence-corrected chi connectivity index (χ3v) is 4.25. The Balaban J connectivity index is 1.67. The van der Waals surface area contributed by atoms with Crippen LogP contribution in [0.2, 0.25) is 5.02 Å². The number of hydrogen-bond donors (Lipinski definition) is 0. The van der Waals surface area contributed by atoms with E-state index in [2.05, 4.69) is 10.2 Å². The Kier molecular flexibility index (Phi) is 4.71. The third-order valence-electron chi connectivity index (χ3n) is 3.94. The van der Waals surface area contributed by atoms with Crippen LogP contribution >= 0.6 is 11.6 Å². The lowest BCUT2D eigenvalue weighted by atomic mass is 10.1. The molecule has 1 aromatic heterocycles. The molecule has 128 valence electrons. The van der Waals surface area contributed by atoms with Crippen molar-refractivity contribution in [2.24, 2.45) is 0 Å². The zero-order chi connectivity index (χ0) is 17.3. The van der Waals surface area contributed by atoms with Crippen LogP contribution < -0.4 is 4.90 Å². The van der Waals surface area contributed by atoms with Gasteiger partial charge in [0.05, 0.1) is 10.6 Å². The van der Waals surface area contributed by atoms with Crippen molar-refractivity contribution in [1.29, 1.82) is 0 Å². The summed E-state index contributed by atoms with van der Waals surface area (Å²) >= 11 is 5.97. The molecule has 1 aliphatic heterocycles. The Morgan fingerprint density at radius 2 is 1.96 bits per heavy atom. The van der Waals surface area contributed by atoms with E-state index < -0.39 is 11.7 Å². The molecular weight excluding hydrogens is 335 g/mol. The molecule has 0 spiro atoms. The molecule has 1 saturated heterocycles. The van der Waals surface area contributed by atoms with Crippen molar-refractivity contribution in [3.63, 3.8) is 0 Å². The maximum atomic E-state index is 13.9. The average Bonchev–Trinajstić information content (AvgIpc) is 3.05. The molecule has 2 heterocycles. The van der Waals surface area contributed by atoms with E-state index in [4.69, 9.17) is 16.0 Å². The summed E-state index contributed by atoms with van der Waals surface area (Å²) in [4.78, 5) is 16.0. The summed E-state index contributed by atoms with van der Waals surface area (Å²) in [7, 11) is 0. The fourth-order valence-corrected chi connectivity index (χ4v) is 2.79. The molecule has 1 aliphatic rings. The number of rotatable bonds is 3. The van der Waals surface area contributed by atoms with Gasteiger partial charge >= 0.3 is 6.01 Å². The third kappa shape index (κ3) is 3.21. The number of benzene rings is 1. The van der Waals surface area contributed by atoms with Crippen LogP contribution in [0.1, 0.15) is 36.0 Å². The lowest BCUT2D eigenvalue weighted by Gasteiger charge is -2.33. The van der Waals surface area contributed by atoms with Crippen molar-refractivity contribution >= 4 is 23.5 Å². The number of carbonyl (C=O) groups is 1. The monoisotopic (exact) mass is 352 g/mol. The van der Waals surface area contributed by atoms with Crippen LogP contribution in [-0.4, -0.2) is 47.2 Å². The largest absolute Gasteiger partial charge is 0.408 e. The molecular formula is C16H18ClFN4O2. The first-order valence-corrected chi connectivity index (χ1v) is 8.17. The fraction of sp³-hybridized carbons (Fsp3) is 0.438. The smallest absolute Gasteiger partial charge is 0.318 e. The predicted molar refractivity (Wildman–Crippen MR) is 87.9 cm³/mol. The highest BCUT2D eigenvalue weighted by Gasteiger charge is 2.27. The Hall–Kier alpha value is -2.15. The summed E-state index contributed by atoms with van der Waals surface area (Å²) in [6.45, 7) is 5.90. The number of carbonyl (C=O) groups excluding carboxylic acids is 1. The van der Waals surface area contributed by atoms with Crippen molar-refractivity contribution in [1.82, 2.24) is 15.1 Å². The number of piperazine rings is 1. The molecule has 0 bridgehead atoms. The molecule has 3 rings (SSSR count). The molecule has 8 heteroatoms. The molecule has 1 aromatic carbocycles. The van der Waals surface area contributed by atoms with E-state index in [0.29, 0.717) is 38.1 Å². The zero-order valence-electron chi connectivity index (χ0n) is 13.5. The van der Waals surface area contributed by atoms with Gasteiger partial charge in [-0.05, 0) is 12.1 Å². The Morgan fingerprint density at radius 3 is 2.54 bits per heavy atom. The average molecular weight is 353 g/mol. The molecule has 0 aliphatic carbocycles.